The molecule has 8 nitrogen and oxygen atoms in total. The SMILES string of the molecule is C[C@H](Nc1ncc(F)c(N2C(=O)OC[C@@H]2C)n1)c1cn(-c2ccc(Cl)cc2)cn1. The number of benzene rings is 1. The number of halogens is 2. The zero-order chi connectivity index (χ0) is 20.5. The Labute approximate surface area is 171 Å². The van der Waals surface area contributed by atoms with Gasteiger partial charge < -0.3 is 14.6 Å². The van der Waals surface area contributed by atoms with Crippen molar-refractivity contribution in [3.8, 4) is 5.69 Å². The third-order valence-corrected chi connectivity index (χ3v) is 4.81. The molecule has 0 spiro atoms. The number of carbonyl (C=O) groups is 1. The summed E-state index contributed by atoms with van der Waals surface area (Å²) in [6.45, 7) is 3.82. The molecule has 1 amide bonds. The van der Waals surface area contributed by atoms with Crippen LogP contribution in [0.1, 0.15) is 25.6 Å². The Bertz CT molecular complexity index is 1040. The Hall–Kier alpha value is -3.20. The van der Waals surface area contributed by atoms with Crippen molar-refractivity contribution in [2.75, 3.05) is 16.8 Å². The lowest BCUT2D eigenvalue weighted by molar-refractivity contribution is 0.179. The predicted molar refractivity (Wildman–Crippen MR) is 106 cm³/mol. The highest BCUT2D eigenvalue weighted by molar-refractivity contribution is 6.30. The molecule has 0 unspecified atom stereocenters. The molecular weight excluding hydrogens is 399 g/mol. The van der Waals surface area contributed by atoms with Crippen LogP contribution in [0.15, 0.2) is 43.0 Å². The second kappa shape index (κ2) is 7.67. The van der Waals surface area contributed by atoms with E-state index in [0.29, 0.717) is 5.02 Å². The van der Waals surface area contributed by atoms with E-state index >= 15 is 0 Å². The number of anilines is 2. The van der Waals surface area contributed by atoms with Crippen molar-refractivity contribution in [3.63, 3.8) is 0 Å². The van der Waals surface area contributed by atoms with Gasteiger partial charge in [0.1, 0.15) is 6.61 Å². The van der Waals surface area contributed by atoms with Gasteiger partial charge in [-0.2, -0.15) is 4.98 Å². The van der Waals surface area contributed by atoms with E-state index < -0.39 is 11.9 Å². The van der Waals surface area contributed by atoms with Crippen LogP contribution in [-0.2, 0) is 4.74 Å². The van der Waals surface area contributed by atoms with Gasteiger partial charge in [0.25, 0.3) is 0 Å². The summed E-state index contributed by atoms with van der Waals surface area (Å²) in [6, 6.07) is 6.80. The second-order valence-corrected chi connectivity index (χ2v) is 7.15. The van der Waals surface area contributed by atoms with E-state index in [2.05, 4.69) is 20.3 Å². The number of aromatic nitrogens is 4. The first-order chi connectivity index (χ1) is 13.9. The lowest BCUT2D eigenvalue weighted by Crippen LogP contribution is -2.33. The smallest absolute Gasteiger partial charge is 0.416 e. The van der Waals surface area contributed by atoms with E-state index in [0.717, 1.165) is 17.6 Å². The highest BCUT2D eigenvalue weighted by atomic mass is 35.5. The zero-order valence-electron chi connectivity index (χ0n) is 15.7. The summed E-state index contributed by atoms with van der Waals surface area (Å²) in [5.41, 5.74) is 1.66. The van der Waals surface area contributed by atoms with Crippen molar-refractivity contribution in [2.45, 2.75) is 25.9 Å². The molecule has 1 saturated heterocycles. The van der Waals surface area contributed by atoms with E-state index in [-0.39, 0.29) is 30.5 Å². The molecule has 4 rings (SSSR count). The summed E-state index contributed by atoms with van der Waals surface area (Å²) in [5.74, 6) is -0.626. The Balaban J connectivity index is 1.53. The molecule has 3 heterocycles. The van der Waals surface area contributed by atoms with Gasteiger partial charge in [0.2, 0.25) is 5.95 Å². The van der Waals surface area contributed by atoms with Crippen molar-refractivity contribution < 1.29 is 13.9 Å². The van der Waals surface area contributed by atoms with Crippen molar-refractivity contribution >= 4 is 29.5 Å². The average Bonchev–Trinajstić information content (AvgIpc) is 3.31. The van der Waals surface area contributed by atoms with Crippen LogP contribution < -0.4 is 10.2 Å². The average molecular weight is 417 g/mol. The molecule has 2 aromatic heterocycles. The maximum Gasteiger partial charge on any atom is 0.416 e. The molecule has 1 aliphatic rings. The number of cyclic esters (lactones) is 1. The zero-order valence-corrected chi connectivity index (χ0v) is 16.5. The van der Waals surface area contributed by atoms with Crippen LogP contribution in [0.25, 0.3) is 5.69 Å². The fraction of sp³-hybridized carbons (Fsp3) is 0.263. The molecule has 2 atom stereocenters. The van der Waals surface area contributed by atoms with E-state index in [9.17, 15) is 9.18 Å². The number of nitrogens with one attached hydrogen (secondary N) is 1. The number of nitrogens with zero attached hydrogens (tertiary/aromatic N) is 5. The van der Waals surface area contributed by atoms with Crippen LogP contribution >= 0.6 is 11.6 Å². The van der Waals surface area contributed by atoms with Crippen molar-refractivity contribution in [1.29, 1.82) is 0 Å². The van der Waals surface area contributed by atoms with Gasteiger partial charge >= 0.3 is 6.09 Å². The minimum Gasteiger partial charge on any atom is -0.447 e. The minimum absolute atomic E-state index is 0.114. The molecule has 0 saturated carbocycles. The van der Waals surface area contributed by atoms with Gasteiger partial charge in [0.15, 0.2) is 11.6 Å². The second-order valence-electron chi connectivity index (χ2n) is 6.71. The number of hydrogen-bond acceptors (Lipinski definition) is 6. The molecule has 10 heteroatoms. The summed E-state index contributed by atoms with van der Waals surface area (Å²) in [5, 5.41) is 3.75. The van der Waals surface area contributed by atoms with E-state index in [1.807, 2.05) is 29.8 Å². The standard InChI is InChI=1S/C19H18ClFN6O2/c1-11-9-29-19(28)27(11)17-15(21)7-22-18(25-17)24-12(2)16-8-26(10-23-16)14-5-3-13(20)4-6-14/h3-8,10-12H,9H2,1-2H3,(H,22,24,25)/t11-,12-/m0/s1. The van der Waals surface area contributed by atoms with E-state index in [4.69, 9.17) is 16.3 Å². The Kier molecular flexibility index (Phi) is 5.06. The molecular formula is C19H18ClFN6O2. The van der Waals surface area contributed by atoms with Gasteiger partial charge in [-0.15, -0.1) is 0 Å². The first-order valence-electron chi connectivity index (χ1n) is 8.97. The quantitative estimate of drug-likeness (QED) is 0.677. The Morgan fingerprint density at radius 2 is 2.07 bits per heavy atom. The topological polar surface area (TPSA) is 85.2 Å². The Morgan fingerprint density at radius 3 is 2.76 bits per heavy atom. The van der Waals surface area contributed by atoms with Gasteiger partial charge in [0.05, 0.1) is 30.3 Å². The summed E-state index contributed by atoms with van der Waals surface area (Å²) in [4.78, 5) is 25.6. The maximum atomic E-state index is 14.2. The van der Waals surface area contributed by atoms with Crippen LogP contribution in [0, 0.1) is 5.82 Å². The highest BCUT2D eigenvalue weighted by Crippen LogP contribution is 2.26. The lowest BCUT2D eigenvalue weighted by atomic mass is 10.2. The maximum absolute atomic E-state index is 14.2. The van der Waals surface area contributed by atoms with Crippen LogP contribution in [-0.4, -0.2) is 38.3 Å². The first kappa shape index (κ1) is 19.1. The number of ether oxygens (including phenoxy) is 1. The fourth-order valence-electron chi connectivity index (χ4n) is 2.99. The van der Waals surface area contributed by atoms with Crippen LogP contribution in [0.2, 0.25) is 5.02 Å². The molecule has 150 valence electrons. The number of rotatable bonds is 5. The highest BCUT2D eigenvalue weighted by Gasteiger charge is 2.34. The minimum atomic E-state index is -0.694. The number of imidazole rings is 1. The first-order valence-corrected chi connectivity index (χ1v) is 9.35. The van der Waals surface area contributed by atoms with Crippen molar-refractivity contribution in [3.05, 3.63) is 59.5 Å². The van der Waals surface area contributed by atoms with Gasteiger partial charge in [-0.25, -0.2) is 19.2 Å². The van der Waals surface area contributed by atoms with Crippen LogP contribution in [0.5, 0.6) is 0 Å². The molecule has 0 aliphatic carbocycles. The molecule has 1 fully saturated rings. The van der Waals surface area contributed by atoms with Crippen molar-refractivity contribution in [1.82, 2.24) is 19.5 Å². The van der Waals surface area contributed by atoms with Crippen LogP contribution in [0.3, 0.4) is 0 Å². The Morgan fingerprint density at radius 1 is 1.31 bits per heavy atom. The van der Waals surface area contributed by atoms with Gasteiger partial charge in [0, 0.05) is 16.9 Å². The van der Waals surface area contributed by atoms with Crippen molar-refractivity contribution in [2.24, 2.45) is 0 Å². The normalized spacial score (nSPS) is 17.3. The molecule has 1 aliphatic heterocycles. The van der Waals surface area contributed by atoms with Crippen LogP contribution in [0.4, 0.5) is 21.0 Å². The third-order valence-electron chi connectivity index (χ3n) is 4.56. The summed E-state index contributed by atoms with van der Waals surface area (Å²) in [7, 11) is 0. The molecule has 3 aromatic rings. The number of hydrogen-bond donors (Lipinski definition) is 1. The monoisotopic (exact) mass is 416 g/mol. The summed E-state index contributed by atoms with van der Waals surface area (Å²) < 4.78 is 21.0. The summed E-state index contributed by atoms with van der Waals surface area (Å²) >= 11 is 5.93. The molecule has 0 radical (unpaired) electrons. The third kappa shape index (κ3) is 3.86. The van der Waals surface area contributed by atoms with Gasteiger partial charge in [-0.1, -0.05) is 11.6 Å². The summed E-state index contributed by atoms with van der Waals surface area (Å²) in [6.07, 6.45) is 3.96. The van der Waals surface area contributed by atoms with Gasteiger partial charge in [-0.3, -0.25) is 4.90 Å². The fourth-order valence-corrected chi connectivity index (χ4v) is 3.12. The largest absolute Gasteiger partial charge is 0.447 e. The predicted octanol–water partition coefficient (Wildman–Crippen LogP) is 3.97. The molecule has 29 heavy (non-hydrogen) atoms. The van der Waals surface area contributed by atoms with E-state index in [1.54, 1.807) is 25.4 Å². The molecule has 1 aromatic carbocycles. The van der Waals surface area contributed by atoms with E-state index in [1.165, 1.54) is 4.90 Å². The molecule has 0 bridgehead atoms. The lowest BCUT2D eigenvalue weighted by Gasteiger charge is -2.19. The number of carbonyl (C=O) groups excluding carboxylic acids is 1. The molecule has 1 N–H and O–H groups in total. The van der Waals surface area contributed by atoms with Gasteiger partial charge in [-0.05, 0) is 38.1 Å². The number of amides is 1.